The first kappa shape index (κ1) is 15.1. The van der Waals surface area contributed by atoms with E-state index in [1.165, 1.54) is 11.3 Å². The third-order valence-electron chi connectivity index (χ3n) is 2.67. The molecule has 0 aromatic carbocycles. The van der Waals surface area contributed by atoms with Gasteiger partial charge < -0.3 is 16.4 Å². The predicted molar refractivity (Wildman–Crippen MR) is 87.6 cm³/mol. The molecule has 7 heteroatoms. The Morgan fingerprint density at radius 2 is 2.38 bits per heavy atom. The van der Waals surface area contributed by atoms with E-state index in [2.05, 4.69) is 23.3 Å². The van der Waals surface area contributed by atoms with E-state index in [9.17, 15) is 10.1 Å². The van der Waals surface area contributed by atoms with Crippen LogP contribution in [0.2, 0.25) is 0 Å². The standard InChI is InChI=1S/C14H14N4OS2/c1-2-5-17-13(19)12-11(16)10(7-15)14(21-12)18-8-9-4-3-6-20-9/h2-4,6,18H,1,5,8,16H2,(H,17,19). The molecule has 2 heterocycles. The Labute approximate surface area is 130 Å². The molecule has 2 rings (SSSR count). The molecule has 0 unspecified atom stereocenters. The number of nitrogens with one attached hydrogen (secondary N) is 2. The monoisotopic (exact) mass is 318 g/mol. The summed E-state index contributed by atoms with van der Waals surface area (Å²) in [5, 5.41) is 17.6. The van der Waals surface area contributed by atoms with Crippen LogP contribution in [0.25, 0.3) is 0 Å². The van der Waals surface area contributed by atoms with Gasteiger partial charge in [-0.05, 0) is 11.4 Å². The van der Waals surface area contributed by atoms with Crippen LogP contribution in [0.4, 0.5) is 10.7 Å². The Balaban J connectivity index is 2.19. The second-order valence-corrected chi connectivity index (χ2v) is 6.15. The van der Waals surface area contributed by atoms with Gasteiger partial charge in [0, 0.05) is 11.4 Å². The highest BCUT2D eigenvalue weighted by molar-refractivity contribution is 7.19. The number of carbonyl (C=O) groups excluding carboxylic acids is 1. The number of amides is 1. The second-order valence-electron chi connectivity index (χ2n) is 4.09. The number of thiophene rings is 2. The Morgan fingerprint density at radius 1 is 1.57 bits per heavy atom. The van der Waals surface area contributed by atoms with Crippen molar-refractivity contribution < 1.29 is 4.79 Å². The number of nitrogens with two attached hydrogens (primary N) is 1. The number of nitrogen functional groups attached to an aromatic ring is 1. The predicted octanol–water partition coefficient (Wildman–Crippen LogP) is 2.79. The first-order valence-electron chi connectivity index (χ1n) is 6.15. The molecule has 0 spiro atoms. The van der Waals surface area contributed by atoms with E-state index in [0.29, 0.717) is 28.5 Å². The van der Waals surface area contributed by atoms with Gasteiger partial charge in [-0.15, -0.1) is 29.3 Å². The number of hydrogen-bond donors (Lipinski definition) is 3. The van der Waals surface area contributed by atoms with Gasteiger partial charge in [0.1, 0.15) is 21.5 Å². The summed E-state index contributed by atoms with van der Waals surface area (Å²) in [7, 11) is 0. The summed E-state index contributed by atoms with van der Waals surface area (Å²) in [5.74, 6) is -0.293. The van der Waals surface area contributed by atoms with Crippen LogP contribution in [0, 0.1) is 11.3 Å². The summed E-state index contributed by atoms with van der Waals surface area (Å²) in [6.45, 7) is 4.49. The van der Waals surface area contributed by atoms with Crippen molar-refractivity contribution in [2.45, 2.75) is 6.54 Å². The quantitative estimate of drug-likeness (QED) is 0.714. The smallest absolute Gasteiger partial charge is 0.263 e. The number of anilines is 2. The minimum Gasteiger partial charge on any atom is -0.396 e. The van der Waals surface area contributed by atoms with Crippen LogP contribution in [-0.4, -0.2) is 12.5 Å². The molecule has 0 saturated carbocycles. The number of hydrogen-bond acceptors (Lipinski definition) is 6. The maximum atomic E-state index is 12.0. The SMILES string of the molecule is C=CCNC(=O)c1sc(NCc2cccs2)c(C#N)c1N. The third kappa shape index (κ3) is 3.42. The van der Waals surface area contributed by atoms with E-state index in [1.54, 1.807) is 17.4 Å². The highest BCUT2D eigenvalue weighted by atomic mass is 32.1. The molecule has 108 valence electrons. The van der Waals surface area contributed by atoms with Gasteiger partial charge >= 0.3 is 0 Å². The average Bonchev–Trinajstić information content (AvgIpc) is 3.10. The normalized spacial score (nSPS) is 9.86. The molecule has 2 aromatic rings. The molecule has 0 saturated heterocycles. The average molecular weight is 318 g/mol. The van der Waals surface area contributed by atoms with Crippen LogP contribution in [0.5, 0.6) is 0 Å². The van der Waals surface area contributed by atoms with E-state index >= 15 is 0 Å². The van der Waals surface area contributed by atoms with Crippen LogP contribution in [0.3, 0.4) is 0 Å². The Hall–Kier alpha value is -2.30. The summed E-state index contributed by atoms with van der Waals surface area (Å²) in [6.07, 6.45) is 1.59. The molecule has 0 aliphatic heterocycles. The van der Waals surface area contributed by atoms with Gasteiger partial charge in [-0.25, -0.2) is 0 Å². The summed E-state index contributed by atoms with van der Waals surface area (Å²) in [6, 6.07) is 6.01. The fraction of sp³-hybridized carbons (Fsp3) is 0.143. The molecule has 0 fully saturated rings. The summed E-state index contributed by atoms with van der Waals surface area (Å²) < 4.78 is 0. The topological polar surface area (TPSA) is 90.9 Å². The lowest BCUT2D eigenvalue weighted by Gasteiger charge is -2.01. The molecule has 0 radical (unpaired) electrons. The van der Waals surface area contributed by atoms with E-state index in [1.807, 2.05) is 17.5 Å². The maximum absolute atomic E-state index is 12.0. The zero-order valence-electron chi connectivity index (χ0n) is 11.2. The van der Waals surface area contributed by atoms with Gasteiger partial charge in [0.15, 0.2) is 0 Å². The van der Waals surface area contributed by atoms with Crippen molar-refractivity contribution in [1.82, 2.24) is 5.32 Å². The molecule has 21 heavy (non-hydrogen) atoms. The van der Waals surface area contributed by atoms with E-state index in [-0.39, 0.29) is 11.6 Å². The maximum Gasteiger partial charge on any atom is 0.263 e. The molecule has 5 nitrogen and oxygen atoms in total. The molecule has 0 aliphatic rings. The van der Waals surface area contributed by atoms with Gasteiger partial charge in [-0.3, -0.25) is 4.79 Å². The fourth-order valence-electron chi connectivity index (χ4n) is 1.67. The summed E-state index contributed by atoms with van der Waals surface area (Å²) in [4.78, 5) is 13.5. The Bertz CT molecular complexity index is 683. The Kier molecular flexibility index (Phi) is 4.98. The fourth-order valence-corrected chi connectivity index (χ4v) is 3.30. The molecule has 2 aromatic heterocycles. The molecule has 0 bridgehead atoms. The lowest BCUT2D eigenvalue weighted by atomic mass is 10.2. The van der Waals surface area contributed by atoms with Crippen molar-refractivity contribution in [3.05, 3.63) is 45.5 Å². The van der Waals surface area contributed by atoms with Gasteiger partial charge in [0.05, 0.1) is 12.2 Å². The van der Waals surface area contributed by atoms with Gasteiger partial charge in [-0.1, -0.05) is 12.1 Å². The highest BCUT2D eigenvalue weighted by Gasteiger charge is 2.20. The number of rotatable bonds is 6. The lowest BCUT2D eigenvalue weighted by molar-refractivity contribution is 0.0963. The van der Waals surface area contributed by atoms with Gasteiger partial charge in [0.2, 0.25) is 0 Å². The molecule has 0 aliphatic carbocycles. The van der Waals surface area contributed by atoms with Crippen molar-refractivity contribution in [3.8, 4) is 6.07 Å². The molecular weight excluding hydrogens is 304 g/mol. The van der Waals surface area contributed by atoms with Crippen LogP contribution >= 0.6 is 22.7 Å². The van der Waals surface area contributed by atoms with Crippen LogP contribution < -0.4 is 16.4 Å². The van der Waals surface area contributed by atoms with Crippen molar-refractivity contribution in [1.29, 1.82) is 5.26 Å². The minimum atomic E-state index is -0.293. The van der Waals surface area contributed by atoms with Crippen LogP contribution in [-0.2, 0) is 6.54 Å². The van der Waals surface area contributed by atoms with Crippen molar-refractivity contribution >= 4 is 39.3 Å². The first-order valence-corrected chi connectivity index (χ1v) is 7.84. The molecule has 0 atom stereocenters. The van der Waals surface area contributed by atoms with Crippen LogP contribution in [0.15, 0.2) is 30.2 Å². The van der Waals surface area contributed by atoms with Crippen molar-refractivity contribution in [2.75, 3.05) is 17.6 Å². The van der Waals surface area contributed by atoms with E-state index in [0.717, 1.165) is 4.88 Å². The van der Waals surface area contributed by atoms with E-state index < -0.39 is 0 Å². The second kappa shape index (κ2) is 6.92. The highest BCUT2D eigenvalue weighted by Crippen LogP contribution is 2.35. The third-order valence-corrected chi connectivity index (χ3v) is 4.71. The van der Waals surface area contributed by atoms with Gasteiger partial charge in [0.25, 0.3) is 5.91 Å². The summed E-state index contributed by atoms with van der Waals surface area (Å²) >= 11 is 2.81. The van der Waals surface area contributed by atoms with Crippen LogP contribution in [0.1, 0.15) is 20.1 Å². The van der Waals surface area contributed by atoms with E-state index in [4.69, 9.17) is 5.73 Å². The Morgan fingerprint density at radius 3 is 3.00 bits per heavy atom. The minimum absolute atomic E-state index is 0.220. The van der Waals surface area contributed by atoms with Crippen molar-refractivity contribution in [2.24, 2.45) is 0 Å². The van der Waals surface area contributed by atoms with Crippen molar-refractivity contribution in [3.63, 3.8) is 0 Å². The molecular formula is C14H14N4OS2. The lowest BCUT2D eigenvalue weighted by Crippen LogP contribution is -2.23. The summed E-state index contributed by atoms with van der Waals surface area (Å²) in [5.41, 5.74) is 6.44. The number of carbonyl (C=O) groups is 1. The zero-order valence-corrected chi connectivity index (χ0v) is 12.8. The molecule has 4 N–H and O–H groups in total. The first-order chi connectivity index (χ1) is 10.2. The molecule has 1 amide bonds. The largest absolute Gasteiger partial charge is 0.396 e. The number of nitriles is 1. The zero-order chi connectivity index (χ0) is 15.2. The van der Waals surface area contributed by atoms with Gasteiger partial charge in [-0.2, -0.15) is 5.26 Å². The number of nitrogens with zero attached hydrogens (tertiary/aromatic N) is 1.